The van der Waals surface area contributed by atoms with Crippen LogP contribution >= 0.6 is 0 Å². The van der Waals surface area contributed by atoms with Gasteiger partial charge in [0.1, 0.15) is 0 Å². The van der Waals surface area contributed by atoms with E-state index in [0.29, 0.717) is 18.0 Å². The first-order chi connectivity index (χ1) is 18.0. The summed E-state index contributed by atoms with van der Waals surface area (Å²) in [4.78, 5) is 22.9. The molecule has 0 saturated carbocycles. The van der Waals surface area contributed by atoms with Crippen molar-refractivity contribution in [2.75, 3.05) is 42.3 Å². The van der Waals surface area contributed by atoms with Crippen molar-refractivity contribution in [3.05, 3.63) is 0 Å². The largest absolute Gasteiger partial charge is 0.357 e. The first-order valence-electron chi connectivity index (χ1n) is 15.5. The summed E-state index contributed by atoms with van der Waals surface area (Å²) in [5.74, 6) is 2.31. The molecular formula is C31H60N8. The Morgan fingerprint density at radius 2 is 1.15 bits per heavy atom. The molecule has 2 aliphatic heterocycles. The molecule has 2 N–H and O–H groups in total. The van der Waals surface area contributed by atoms with Crippen LogP contribution in [0.4, 0.5) is 17.8 Å². The number of likely N-dealkylation sites (tertiary alicyclic amines) is 1. The van der Waals surface area contributed by atoms with Crippen molar-refractivity contribution in [1.82, 2.24) is 25.2 Å². The molecule has 0 bridgehead atoms. The fourth-order valence-electron chi connectivity index (χ4n) is 7.30. The highest BCUT2D eigenvalue weighted by molar-refractivity contribution is 5.47. The maximum atomic E-state index is 5.30. The van der Waals surface area contributed by atoms with Gasteiger partial charge in [-0.25, -0.2) is 0 Å². The maximum absolute atomic E-state index is 5.30. The third kappa shape index (κ3) is 7.75. The van der Waals surface area contributed by atoms with E-state index >= 15 is 0 Å². The lowest BCUT2D eigenvalue weighted by molar-refractivity contribution is -0.0129. The molecule has 0 aliphatic carbocycles. The van der Waals surface area contributed by atoms with E-state index in [4.69, 9.17) is 15.0 Å². The van der Waals surface area contributed by atoms with E-state index in [0.717, 1.165) is 76.4 Å². The minimum Gasteiger partial charge on any atom is -0.357 e. The summed E-state index contributed by atoms with van der Waals surface area (Å²) in [6, 6.07) is 0.742. The van der Waals surface area contributed by atoms with Gasteiger partial charge in [-0.1, -0.05) is 26.7 Å². The first kappa shape index (κ1) is 31.9. The van der Waals surface area contributed by atoms with E-state index in [1.165, 1.54) is 0 Å². The van der Waals surface area contributed by atoms with Gasteiger partial charge >= 0.3 is 0 Å². The van der Waals surface area contributed by atoms with Crippen LogP contribution < -0.4 is 20.4 Å². The Morgan fingerprint density at radius 1 is 0.744 bits per heavy atom. The Bertz CT molecular complexity index is 907. The van der Waals surface area contributed by atoms with Gasteiger partial charge in [-0.3, -0.25) is 4.90 Å². The SMILES string of the molecule is CCCCN(c1nc(NC)nc(N(CCCC)C2CC(C)(C)N(C)C(C)(C)C2)n1)C1CC(C)(C)NC(C)(C)C1. The molecule has 1 aromatic rings. The number of hydrogen-bond donors (Lipinski definition) is 2. The van der Waals surface area contributed by atoms with E-state index in [9.17, 15) is 0 Å². The van der Waals surface area contributed by atoms with Crippen molar-refractivity contribution in [2.24, 2.45) is 0 Å². The van der Waals surface area contributed by atoms with Gasteiger partial charge in [0.15, 0.2) is 0 Å². The van der Waals surface area contributed by atoms with Gasteiger partial charge in [0.25, 0.3) is 0 Å². The molecule has 0 radical (unpaired) electrons. The fraction of sp³-hybridized carbons (Fsp3) is 0.903. The molecule has 0 spiro atoms. The summed E-state index contributed by atoms with van der Waals surface area (Å²) >= 11 is 0. The molecule has 0 amide bonds. The van der Waals surface area contributed by atoms with Crippen LogP contribution in [-0.2, 0) is 0 Å². The van der Waals surface area contributed by atoms with E-state index < -0.39 is 0 Å². The standard InChI is InChI=1S/C31H60N8/c1-13-15-17-38(23-19-28(3,4)36-29(5,6)20-23)26-33-25(32-11)34-27(35-26)39(18-16-14-2)24-21-30(7,8)37(12)31(9,10)22-24/h23-24,36H,13-22H2,1-12H3,(H,32,33,34,35). The zero-order valence-electron chi connectivity index (χ0n) is 27.4. The Morgan fingerprint density at radius 3 is 1.54 bits per heavy atom. The molecule has 2 fully saturated rings. The predicted octanol–water partition coefficient (Wildman–Crippen LogP) is 6.09. The van der Waals surface area contributed by atoms with Gasteiger partial charge in [0.2, 0.25) is 17.8 Å². The van der Waals surface area contributed by atoms with Gasteiger partial charge in [-0.2, -0.15) is 15.0 Å². The average Bonchev–Trinajstić information content (AvgIpc) is 2.80. The molecule has 3 heterocycles. The molecule has 2 saturated heterocycles. The number of aromatic nitrogens is 3. The number of anilines is 3. The minimum atomic E-state index is 0.0526. The molecule has 39 heavy (non-hydrogen) atoms. The van der Waals surface area contributed by atoms with Gasteiger partial charge in [-0.05, 0) is 101 Å². The van der Waals surface area contributed by atoms with Crippen LogP contribution in [0.2, 0.25) is 0 Å². The second kappa shape index (κ2) is 12.1. The van der Waals surface area contributed by atoms with Gasteiger partial charge in [0.05, 0.1) is 0 Å². The number of unbranched alkanes of at least 4 members (excludes halogenated alkanes) is 2. The molecule has 0 aromatic carbocycles. The van der Waals surface area contributed by atoms with Crippen molar-refractivity contribution in [3.63, 3.8) is 0 Å². The van der Waals surface area contributed by atoms with Crippen LogP contribution in [0.3, 0.4) is 0 Å². The normalized spacial score (nSPS) is 23.0. The smallest absolute Gasteiger partial charge is 0.232 e. The van der Waals surface area contributed by atoms with E-state index in [2.05, 4.69) is 102 Å². The van der Waals surface area contributed by atoms with Crippen LogP contribution in [-0.4, -0.2) is 81.3 Å². The fourth-order valence-corrected chi connectivity index (χ4v) is 7.30. The lowest BCUT2D eigenvalue weighted by Gasteiger charge is -2.55. The maximum Gasteiger partial charge on any atom is 0.232 e. The number of rotatable bonds is 11. The molecule has 8 heteroatoms. The number of hydrogen-bond acceptors (Lipinski definition) is 8. The third-order valence-corrected chi connectivity index (χ3v) is 9.19. The third-order valence-electron chi connectivity index (χ3n) is 9.19. The van der Waals surface area contributed by atoms with Crippen molar-refractivity contribution >= 4 is 17.8 Å². The van der Waals surface area contributed by atoms with Crippen molar-refractivity contribution in [2.45, 2.75) is 155 Å². The minimum absolute atomic E-state index is 0.0526. The summed E-state index contributed by atoms with van der Waals surface area (Å²) in [5.41, 5.74) is 0.296. The molecule has 3 rings (SSSR count). The van der Waals surface area contributed by atoms with Crippen LogP contribution in [0.25, 0.3) is 0 Å². The van der Waals surface area contributed by atoms with E-state index in [1.807, 2.05) is 7.05 Å². The Labute approximate surface area is 240 Å². The summed E-state index contributed by atoms with van der Waals surface area (Å²) in [7, 11) is 4.20. The highest BCUT2D eigenvalue weighted by Crippen LogP contribution is 2.40. The van der Waals surface area contributed by atoms with Crippen molar-refractivity contribution < 1.29 is 0 Å². The van der Waals surface area contributed by atoms with Gasteiger partial charge in [-0.15, -0.1) is 0 Å². The topological polar surface area (TPSA) is 72.5 Å². The van der Waals surface area contributed by atoms with Crippen molar-refractivity contribution in [1.29, 1.82) is 0 Å². The molecule has 8 nitrogen and oxygen atoms in total. The summed E-state index contributed by atoms with van der Waals surface area (Å²) in [6.45, 7) is 25.3. The summed E-state index contributed by atoms with van der Waals surface area (Å²) in [6.07, 6.45) is 8.84. The summed E-state index contributed by atoms with van der Waals surface area (Å²) < 4.78 is 0. The number of piperidine rings is 2. The molecule has 224 valence electrons. The van der Waals surface area contributed by atoms with E-state index in [-0.39, 0.29) is 22.2 Å². The van der Waals surface area contributed by atoms with Crippen LogP contribution in [0.5, 0.6) is 0 Å². The molecule has 1 aromatic heterocycles. The lowest BCUT2D eigenvalue weighted by Crippen LogP contribution is -2.63. The monoisotopic (exact) mass is 544 g/mol. The van der Waals surface area contributed by atoms with Crippen molar-refractivity contribution in [3.8, 4) is 0 Å². The Balaban J connectivity index is 2.07. The van der Waals surface area contributed by atoms with Gasteiger partial charge < -0.3 is 20.4 Å². The van der Waals surface area contributed by atoms with Crippen LogP contribution in [0.15, 0.2) is 0 Å². The molecule has 0 unspecified atom stereocenters. The first-order valence-corrected chi connectivity index (χ1v) is 15.5. The second-order valence-corrected chi connectivity index (χ2v) is 14.8. The lowest BCUT2D eigenvalue weighted by atomic mass is 9.77. The Hall–Kier alpha value is -1.67. The number of nitrogens with zero attached hydrogens (tertiary/aromatic N) is 6. The zero-order chi connectivity index (χ0) is 29.2. The van der Waals surface area contributed by atoms with Crippen LogP contribution in [0.1, 0.15) is 121 Å². The number of nitrogens with one attached hydrogen (secondary N) is 2. The highest BCUT2D eigenvalue weighted by atomic mass is 15.4. The summed E-state index contributed by atoms with van der Waals surface area (Å²) in [5, 5.41) is 7.13. The Kier molecular flexibility index (Phi) is 9.85. The molecule has 0 atom stereocenters. The zero-order valence-corrected chi connectivity index (χ0v) is 27.4. The van der Waals surface area contributed by atoms with E-state index in [1.54, 1.807) is 0 Å². The highest BCUT2D eigenvalue weighted by Gasteiger charge is 2.45. The van der Waals surface area contributed by atoms with Crippen LogP contribution in [0, 0.1) is 0 Å². The molecule has 2 aliphatic rings. The average molecular weight is 545 g/mol. The quantitative estimate of drug-likeness (QED) is 0.347. The predicted molar refractivity (Wildman–Crippen MR) is 167 cm³/mol. The second-order valence-electron chi connectivity index (χ2n) is 14.8. The van der Waals surface area contributed by atoms with Gasteiger partial charge in [0, 0.05) is 54.4 Å². The molecular weight excluding hydrogens is 484 g/mol.